The van der Waals surface area contributed by atoms with E-state index in [0.717, 1.165) is 0 Å². The van der Waals surface area contributed by atoms with Crippen molar-refractivity contribution in [3.8, 4) is 0 Å². The fraction of sp³-hybridized carbons (Fsp3) is 0.600. The second kappa shape index (κ2) is 4.25. The third-order valence-corrected chi connectivity index (χ3v) is 3.54. The van der Waals surface area contributed by atoms with Gasteiger partial charge < -0.3 is 35.7 Å². The molecule has 0 aliphatic carbocycles. The van der Waals surface area contributed by atoms with Crippen LogP contribution < -0.4 is 5.73 Å². The monoisotopic (exact) mass is 269 g/mol. The Bertz CT molecular complexity index is 506. The van der Waals surface area contributed by atoms with Gasteiger partial charge >= 0.3 is 0 Å². The summed E-state index contributed by atoms with van der Waals surface area (Å²) in [5, 5.41) is 29.3. The van der Waals surface area contributed by atoms with Crippen LogP contribution in [-0.2, 0) is 4.74 Å². The molecule has 9 heteroatoms. The fourth-order valence-corrected chi connectivity index (χ4v) is 2.43. The molecule has 9 nitrogen and oxygen atoms in total. The van der Waals surface area contributed by atoms with Crippen molar-refractivity contribution in [3.63, 3.8) is 0 Å². The topological polar surface area (TPSA) is 140 Å². The van der Waals surface area contributed by atoms with Gasteiger partial charge in [-0.25, -0.2) is 9.98 Å². The number of aliphatic hydroxyl groups is 3. The van der Waals surface area contributed by atoms with Crippen molar-refractivity contribution in [1.82, 2.24) is 14.9 Å². The normalized spacial score (nSPS) is 37.7. The van der Waals surface area contributed by atoms with Crippen molar-refractivity contribution in [1.29, 1.82) is 0 Å². The molecule has 1 fully saturated rings. The van der Waals surface area contributed by atoms with E-state index in [1.165, 1.54) is 17.6 Å². The number of nitrogens with one attached hydrogen (secondary N) is 1. The summed E-state index contributed by atoms with van der Waals surface area (Å²) in [6.45, 7) is -0.622. The number of aromatic amines is 1. The maximum absolute atomic E-state index is 10.1. The molecule has 6 N–H and O–H groups in total. The van der Waals surface area contributed by atoms with Crippen LogP contribution in [0.3, 0.4) is 0 Å². The SMILES string of the molecule is NC1c2[nH]cnc2N=CN1[C@@]1(CO)OC[C@@H](O)[C@@H]1O. The minimum atomic E-state index is -1.51. The molecule has 1 unspecified atom stereocenters. The lowest BCUT2D eigenvalue weighted by molar-refractivity contribution is -0.177. The minimum Gasteiger partial charge on any atom is -0.391 e. The Kier molecular flexibility index (Phi) is 2.80. The summed E-state index contributed by atoms with van der Waals surface area (Å²) in [5.74, 6) is 0.449. The van der Waals surface area contributed by atoms with E-state index in [-0.39, 0.29) is 6.61 Å². The van der Waals surface area contributed by atoms with Crippen molar-refractivity contribution in [2.75, 3.05) is 13.2 Å². The van der Waals surface area contributed by atoms with Crippen LogP contribution in [0.2, 0.25) is 0 Å². The number of nitrogens with zero attached hydrogens (tertiary/aromatic N) is 3. The predicted octanol–water partition coefficient (Wildman–Crippen LogP) is -2.22. The van der Waals surface area contributed by atoms with Crippen molar-refractivity contribution in [3.05, 3.63) is 12.0 Å². The smallest absolute Gasteiger partial charge is 0.195 e. The van der Waals surface area contributed by atoms with E-state index in [1.807, 2.05) is 0 Å². The molecule has 0 saturated carbocycles. The van der Waals surface area contributed by atoms with Crippen LogP contribution in [0.25, 0.3) is 0 Å². The molecular formula is C10H15N5O4. The molecule has 0 radical (unpaired) electrons. The van der Waals surface area contributed by atoms with Crippen molar-refractivity contribution in [2.24, 2.45) is 10.7 Å². The lowest BCUT2D eigenvalue weighted by Crippen LogP contribution is -2.61. The third-order valence-electron chi connectivity index (χ3n) is 3.54. The van der Waals surface area contributed by atoms with Crippen molar-refractivity contribution >= 4 is 12.2 Å². The molecule has 0 bridgehead atoms. The number of aromatic nitrogens is 2. The van der Waals surface area contributed by atoms with E-state index < -0.39 is 30.7 Å². The van der Waals surface area contributed by atoms with Gasteiger partial charge in [0.25, 0.3) is 0 Å². The maximum atomic E-state index is 10.1. The van der Waals surface area contributed by atoms with Gasteiger partial charge in [-0.05, 0) is 0 Å². The first-order valence-electron chi connectivity index (χ1n) is 5.82. The van der Waals surface area contributed by atoms with E-state index in [4.69, 9.17) is 10.5 Å². The quantitative estimate of drug-likeness (QED) is 0.409. The molecule has 2 aliphatic rings. The van der Waals surface area contributed by atoms with E-state index in [2.05, 4.69) is 15.0 Å². The Morgan fingerprint density at radius 1 is 1.58 bits per heavy atom. The molecule has 3 heterocycles. The van der Waals surface area contributed by atoms with Gasteiger partial charge in [-0.15, -0.1) is 0 Å². The summed E-state index contributed by atoms with van der Waals surface area (Å²) in [6.07, 6.45) is -0.291. The Morgan fingerprint density at radius 2 is 2.37 bits per heavy atom. The number of nitrogens with two attached hydrogens (primary N) is 1. The molecule has 1 aromatic heterocycles. The first-order valence-corrected chi connectivity index (χ1v) is 5.82. The second-order valence-corrected chi connectivity index (χ2v) is 4.56. The van der Waals surface area contributed by atoms with Gasteiger partial charge in [0.05, 0.1) is 31.6 Å². The van der Waals surface area contributed by atoms with Crippen molar-refractivity contribution < 1.29 is 20.1 Å². The molecule has 3 rings (SSSR count). The highest BCUT2D eigenvalue weighted by atomic mass is 16.6. The molecule has 2 aliphatic heterocycles. The molecular weight excluding hydrogens is 254 g/mol. The van der Waals surface area contributed by atoms with Crippen molar-refractivity contribution in [2.45, 2.75) is 24.1 Å². The molecule has 0 aromatic carbocycles. The zero-order valence-electron chi connectivity index (χ0n) is 9.97. The first-order chi connectivity index (χ1) is 9.10. The van der Waals surface area contributed by atoms with Crippen LogP contribution in [0.4, 0.5) is 5.82 Å². The maximum Gasteiger partial charge on any atom is 0.195 e. The third kappa shape index (κ3) is 1.60. The summed E-state index contributed by atoms with van der Waals surface area (Å²) < 4.78 is 5.39. The van der Waals surface area contributed by atoms with Gasteiger partial charge in [0.2, 0.25) is 0 Å². The van der Waals surface area contributed by atoms with E-state index >= 15 is 0 Å². The van der Waals surface area contributed by atoms with Crippen LogP contribution in [0.1, 0.15) is 11.9 Å². The molecule has 0 spiro atoms. The largest absolute Gasteiger partial charge is 0.391 e. The van der Waals surface area contributed by atoms with Gasteiger partial charge in [0, 0.05) is 0 Å². The minimum absolute atomic E-state index is 0.0887. The standard InChI is InChI=1S/C10H15N5O4/c11-8-6-9(13-3-12-6)14-4-15(8)10(2-16)7(18)5(17)1-19-10/h3-5,7-8,16-18H,1-2,11H2,(H,12,13)/t5-,7+,8?,10+/m1/s1. The van der Waals surface area contributed by atoms with Crippen LogP contribution in [0, 0.1) is 0 Å². The number of H-pyrrole nitrogens is 1. The van der Waals surface area contributed by atoms with Crippen LogP contribution >= 0.6 is 0 Å². The lowest BCUT2D eigenvalue weighted by atomic mass is 10.0. The zero-order chi connectivity index (χ0) is 13.6. The lowest BCUT2D eigenvalue weighted by Gasteiger charge is -2.43. The van der Waals surface area contributed by atoms with E-state index in [1.54, 1.807) is 0 Å². The van der Waals surface area contributed by atoms with Gasteiger partial charge in [-0.3, -0.25) is 0 Å². The Labute approximate surface area is 108 Å². The Hall–Kier alpha value is -1.52. The second-order valence-electron chi connectivity index (χ2n) is 4.56. The average Bonchev–Trinajstić information content (AvgIpc) is 2.99. The number of ether oxygens (including phenoxy) is 1. The van der Waals surface area contributed by atoms with Gasteiger partial charge in [-0.1, -0.05) is 0 Å². The first kappa shape index (κ1) is 12.5. The highest BCUT2D eigenvalue weighted by Crippen LogP contribution is 2.37. The molecule has 19 heavy (non-hydrogen) atoms. The number of imidazole rings is 1. The number of aliphatic imine (C=N–C) groups is 1. The van der Waals surface area contributed by atoms with Gasteiger partial charge in [0.15, 0.2) is 11.5 Å². The fourth-order valence-electron chi connectivity index (χ4n) is 2.43. The Morgan fingerprint density at radius 3 is 3.00 bits per heavy atom. The van der Waals surface area contributed by atoms with E-state index in [9.17, 15) is 15.3 Å². The van der Waals surface area contributed by atoms with Crippen LogP contribution in [0.5, 0.6) is 0 Å². The summed E-state index contributed by atoms with van der Waals surface area (Å²) in [4.78, 5) is 12.3. The summed E-state index contributed by atoms with van der Waals surface area (Å²) >= 11 is 0. The number of fused-ring (bicyclic) bond motifs is 1. The molecule has 1 saturated heterocycles. The van der Waals surface area contributed by atoms with Gasteiger partial charge in [0.1, 0.15) is 18.4 Å². The number of aliphatic hydroxyl groups excluding tert-OH is 3. The van der Waals surface area contributed by atoms with E-state index in [0.29, 0.717) is 11.5 Å². The number of hydrogen-bond donors (Lipinski definition) is 5. The molecule has 0 amide bonds. The molecule has 4 atom stereocenters. The predicted molar refractivity (Wildman–Crippen MR) is 63.3 cm³/mol. The highest BCUT2D eigenvalue weighted by Gasteiger charge is 2.54. The average molecular weight is 269 g/mol. The molecule has 104 valence electrons. The van der Waals surface area contributed by atoms with Gasteiger partial charge in [-0.2, -0.15) is 0 Å². The van der Waals surface area contributed by atoms with Crippen LogP contribution in [-0.4, -0.2) is 67.7 Å². The highest BCUT2D eigenvalue weighted by molar-refractivity contribution is 5.66. The van der Waals surface area contributed by atoms with Crippen LogP contribution in [0.15, 0.2) is 11.3 Å². The molecule has 1 aromatic rings. The summed E-state index contributed by atoms with van der Waals surface area (Å²) in [5.41, 5.74) is 5.10. The number of hydrogen-bond acceptors (Lipinski definition) is 8. The summed E-state index contributed by atoms with van der Waals surface area (Å²) in [6, 6.07) is 0. The summed E-state index contributed by atoms with van der Waals surface area (Å²) in [7, 11) is 0. The Balaban J connectivity index is 1.98. The zero-order valence-corrected chi connectivity index (χ0v) is 9.97. The number of rotatable bonds is 2.